The molecule has 0 aliphatic carbocycles. The van der Waals surface area contributed by atoms with Gasteiger partial charge in [-0.05, 0) is 72.8 Å². The molecule has 3 aromatic carbocycles. The summed E-state index contributed by atoms with van der Waals surface area (Å²) in [6, 6.07) is 20.2. The molecule has 3 aromatic rings. The Balaban J connectivity index is 1.62. The molecule has 160 valence electrons. The number of amides is 1. The molecule has 0 radical (unpaired) electrons. The number of aliphatic imine (C=N–C) groups is 1. The summed E-state index contributed by atoms with van der Waals surface area (Å²) in [6.45, 7) is 1.93. The minimum absolute atomic E-state index is 0.136. The largest absolute Gasteiger partial charge is 0.508 e. The first kappa shape index (κ1) is 21.0. The van der Waals surface area contributed by atoms with Crippen LogP contribution in [0.1, 0.15) is 5.56 Å². The Hall–Kier alpha value is -2.87. The number of phenolic OH excluding ortho intramolecular Hbond substituents is 1. The van der Waals surface area contributed by atoms with Gasteiger partial charge in [0.1, 0.15) is 10.7 Å². The van der Waals surface area contributed by atoms with E-state index in [1.165, 1.54) is 11.8 Å². The van der Waals surface area contributed by atoms with Crippen LogP contribution < -0.4 is 9.80 Å². The van der Waals surface area contributed by atoms with Crippen LogP contribution in [0, 0.1) is 6.92 Å². The molecule has 2 heterocycles. The van der Waals surface area contributed by atoms with E-state index in [1.807, 2.05) is 49.2 Å². The molecule has 0 atom stereocenters. The predicted octanol–water partition coefficient (Wildman–Crippen LogP) is 6.53. The van der Waals surface area contributed by atoms with Crippen molar-refractivity contribution in [1.29, 1.82) is 0 Å². The van der Waals surface area contributed by atoms with Gasteiger partial charge in [0.15, 0.2) is 5.17 Å². The Bertz CT molecular complexity index is 1300. The Labute approximate surface area is 199 Å². The maximum Gasteiger partial charge on any atom is 0.274 e. The molecule has 2 aliphatic rings. The second kappa shape index (κ2) is 8.24. The van der Waals surface area contributed by atoms with Gasteiger partial charge in [0.25, 0.3) is 5.91 Å². The van der Waals surface area contributed by atoms with E-state index in [0.29, 0.717) is 26.5 Å². The molecule has 0 saturated carbocycles. The molecule has 32 heavy (non-hydrogen) atoms. The molecule has 0 spiro atoms. The van der Waals surface area contributed by atoms with Gasteiger partial charge in [-0.25, -0.2) is 4.99 Å². The van der Waals surface area contributed by atoms with Gasteiger partial charge in [-0.1, -0.05) is 41.6 Å². The number of nitrogens with zero attached hydrogens (tertiary/aromatic N) is 3. The number of aromatic hydroxyl groups is 1. The van der Waals surface area contributed by atoms with Crippen LogP contribution in [-0.4, -0.2) is 23.2 Å². The summed E-state index contributed by atoms with van der Waals surface area (Å²) < 4.78 is 0. The summed E-state index contributed by atoms with van der Waals surface area (Å²) in [7, 11) is 1.97. The molecule has 1 saturated heterocycles. The molecule has 2 aliphatic heterocycles. The number of amidine groups is 1. The van der Waals surface area contributed by atoms with Gasteiger partial charge in [0, 0.05) is 17.0 Å². The minimum atomic E-state index is -0.153. The van der Waals surface area contributed by atoms with Crippen molar-refractivity contribution in [3.8, 4) is 5.75 Å². The van der Waals surface area contributed by atoms with Crippen molar-refractivity contribution < 1.29 is 9.90 Å². The number of thioether (sulfide) groups is 2. The second-order valence-electron chi connectivity index (χ2n) is 7.35. The lowest BCUT2D eigenvalue weighted by atomic mass is 10.2. The number of benzene rings is 3. The van der Waals surface area contributed by atoms with E-state index in [-0.39, 0.29) is 11.7 Å². The molecule has 8 heteroatoms. The van der Waals surface area contributed by atoms with E-state index in [1.54, 1.807) is 47.0 Å². The highest BCUT2D eigenvalue weighted by molar-refractivity contribution is 8.20. The standard InChI is InChI=1S/C24H18ClN3O2S2/c1-14-7-8-15(13-18(14)25)26-24-28(16-9-11-17(29)12-10-16)22(30)21(32-24)23-27(2)19-5-3-4-6-20(19)31-23/h3-13,29H,1-2H3/b23-21-,26-24?. The fourth-order valence-electron chi connectivity index (χ4n) is 3.47. The molecule has 5 nitrogen and oxygen atoms in total. The van der Waals surface area contributed by atoms with Crippen LogP contribution in [-0.2, 0) is 4.79 Å². The van der Waals surface area contributed by atoms with Gasteiger partial charge in [-0.2, -0.15) is 0 Å². The number of phenols is 1. The summed E-state index contributed by atoms with van der Waals surface area (Å²) in [4.78, 5) is 23.7. The quantitative estimate of drug-likeness (QED) is 0.423. The highest BCUT2D eigenvalue weighted by Crippen LogP contribution is 2.50. The highest BCUT2D eigenvalue weighted by atomic mass is 35.5. The molecule has 0 bridgehead atoms. The van der Waals surface area contributed by atoms with Crippen LogP contribution in [0.3, 0.4) is 0 Å². The summed E-state index contributed by atoms with van der Waals surface area (Å²) in [5.74, 6) is -0.0169. The Morgan fingerprint density at radius 1 is 1.00 bits per heavy atom. The number of anilines is 2. The molecule has 1 N–H and O–H groups in total. The summed E-state index contributed by atoms with van der Waals surface area (Å²) >= 11 is 9.22. The lowest BCUT2D eigenvalue weighted by molar-refractivity contribution is -0.113. The van der Waals surface area contributed by atoms with Crippen molar-refractivity contribution in [1.82, 2.24) is 0 Å². The van der Waals surface area contributed by atoms with E-state index in [9.17, 15) is 9.90 Å². The Morgan fingerprint density at radius 2 is 1.75 bits per heavy atom. The van der Waals surface area contributed by atoms with Gasteiger partial charge in [0.05, 0.1) is 22.1 Å². The monoisotopic (exact) mass is 479 g/mol. The zero-order chi connectivity index (χ0) is 22.4. The maximum atomic E-state index is 13.6. The fraction of sp³-hybridized carbons (Fsp3) is 0.0833. The molecule has 1 fully saturated rings. The SMILES string of the molecule is Cc1ccc(N=C2S/C(=C3\Sc4ccccc4N3C)C(=O)N2c2ccc(O)cc2)cc1Cl. The average Bonchev–Trinajstić information content (AvgIpc) is 3.28. The number of hydrogen-bond acceptors (Lipinski definition) is 6. The van der Waals surface area contributed by atoms with Crippen LogP contribution in [0.2, 0.25) is 5.02 Å². The highest BCUT2D eigenvalue weighted by Gasteiger charge is 2.40. The van der Waals surface area contributed by atoms with Gasteiger partial charge in [0.2, 0.25) is 0 Å². The molecule has 0 aromatic heterocycles. The van der Waals surface area contributed by atoms with E-state index in [2.05, 4.69) is 6.07 Å². The summed E-state index contributed by atoms with van der Waals surface area (Å²) in [6.07, 6.45) is 0. The van der Waals surface area contributed by atoms with Gasteiger partial charge in [-0.15, -0.1) is 0 Å². The number of halogens is 1. The zero-order valence-electron chi connectivity index (χ0n) is 17.2. The van der Waals surface area contributed by atoms with E-state index in [4.69, 9.17) is 16.6 Å². The third-order valence-corrected chi connectivity index (χ3v) is 8.00. The first-order valence-corrected chi connectivity index (χ1v) is 11.8. The van der Waals surface area contributed by atoms with Crippen molar-refractivity contribution in [2.75, 3.05) is 16.8 Å². The molecule has 1 amide bonds. The van der Waals surface area contributed by atoms with Crippen molar-refractivity contribution in [3.63, 3.8) is 0 Å². The van der Waals surface area contributed by atoms with Crippen molar-refractivity contribution in [2.45, 2.75) is 11.8 Å². The van der Waals surface area contributed by atoms with E-state index >= 15 is 0 Å². The molecule has 5 rings (SSSR count). The summed E-state index contributed by atoms with van der Waals surface area (Å²) in [5.41, 5.74) is 3.34. The number of carbonyl (C=O) groups is 1. The first-order valence-electron chi connectivity index (χ1n) is 9.83. The van der Waals surface area contributed by atoms with Gasteiger partial charge >= 0.3 is 0 Å². The number of aryl methyl sites for hydroxylation is 1. The summed E-state index contributed by atoms with van der Waals surface area (Å²) in [5, 5.41) is 11.7. The van der Waals surface area contributed by atoms with Crippen LogP contribution in [0.4, 0.5) is 17.1 Å². The minimum Gasteiger partial charge on any atom is -0.508 e. The van der Waals surface area contributed by atoms with Crippen molar-refractivity contribution >= 4 is 63.3 Å². The normalized spacial score (nSPS) is 19.2. The maximum absolute atomic E-state index is 13.6. The Kier molecular flexibility index (Phi) is 5.41. The van der Waals surface area contributed by atoms with Gasteiger partial charge in [-0.3, -0.25) is 9.69 Å². The molecular weight excluding hydrogens is 462 g/mol. The number of fused-ring (bicyclic) bond motifs is 1. The number of carbonyl (C=O) groups excluding carboxylic acids is 1. The van der Waals surface area contributed by atoms with Crippen LogP contribution in [0.25, 0.3) is 0 Å². The zero-order valence-corrected chi connectivity index (χ0v) is 19.6. The smallest absolute Gasteiger partial charge is 0.274 e. The van der Waals surface area contributed by atoms with Crippen LogP contribution >= 0.6 is 35.1 Å². The lowest BCUT2D eigenvalue weighted by Gasteiger charge is -2.17. The lowest BCUT2D eigenvalue weighted by Crippen LogP contribution is -2.29. The topological polar surface area (TPSA) is 56.1 Å². The number of rotatable bonds is 2. The number of hydrogen-bond donors (Lipinski definition) is 1. The Morgan fingerprint density at radius 3 is 2.47 bits per heavy atom. The van der Waals surface area contributed by atoms with Crippen molar-refractivity contribution in [2.24, 2.45) is 4.99 Å². The molecular formula is C24H18ClN3O2S2. The second-order valence-corrected chi connectivity index (χ2v) is 9.77. The number of para-hydroxylation sites is 1. The predicted molar refractivity (Wildman–Crippen MR) is 134 cm³/mol. The van der Waals surface area contributed by atoms with E-state index < -0.39 is 0 Å². The van der Waals surface area contributed by atoms with Crippen LogP contribution in [0.15, 0.2) is 86.6 Å². The first-order chi connectivity index (χ1) is 15.4. The average molecular weight is 480 g/mol. The van der Waals surface area contributed by atoms with Crippen molar-refractivity contribution in [3.05, 3.63) is 87.3 Å². The third-order valence-electron chi connectivity index (χ3n) is 5.20. The van der Waals surface area contributed by atoms with Crippen LogP contribution in [0.5, 0.6) is 5.75 Å². The van der Waals surface area contributed by atoms with Gasteiger partial charge < -0.3 is 10.0 Å². The third kappa shape index (κ3) is 3.66. The van der Waals surface area contributed by atoms with E-state index in [0.717, 1.165) is 21.2 Å². The fourth-order valence-corrected chi connectivity index (χ4v) is 5.99. The molecule has 0 unspecified atom stereocenters.